The van der Waals surface area contributed by atoms with Gasteiger partial charge in [0.05, 0.1) is 5.75 Å². The molecule has 2 saturated heterocycles. The van der Waals surface area contributed by atoms with E-state index in [4.69, 9.17) is 0 Å². The number of nitrogens with one attached hydrogen (secondary N) is 3. The van der Waals surface area contributed by atoms with Crippen LogP contribution < -0.4 is 25.4 Å². The van der Waals surface area contributed by atoms with Gasteiger partial charge >= 0.3 is 12.7 Å². The van der Waals surface area contributed by atoms with Crippen LogP contribution in [0.1, 0.15) is 46.5 Å². The molecule has 2 aliphatic rings. The smallest absolute Gasteiger partial charge is 0.406 e. The van der Waals surface area contributed by atoms with Gasteiger partial charge in [0.2, 0.25) is 10.0 Å². The summed E-state index contributed by atoms with van der Waals surface area (Å²) in [5.41, 5.74) is -3.17. The summed E-state index contributed by atoms with van der Waals surface area (Å²) >= 11 is 0. The number of anilines is 2. The van der Waals surface area contributed by atoms with Gasteiger partial charge in [-0.05, 0) is 92.7 Å². The van der Waals surface area contributed by atoms with E-state index in [0.29, 0.717) is 18.8 Å². The number of piperidine rings is 2. The molecule has 2 fully saturated rings. The molecule has 0 aromatic heterocycles. The second-order valence-corrected chi connectivity index (χ2v) is 15.1. The van der Waals surface area contributed by atoms with Crippen molar-refractivity contribution in [1.29, 1.82) is 0 Å². The molecule has 0 unspecified atom stereocenters. The minimum atomic E-state index is -4.82. The maximum atomic E-state index is 12.5. The highest BCUT2D eigenvalue weighted by Crippen LogP contribution is 2.30. The fourth-order valence-electron chi connectivity index (χ4n) is 5.04. The number of benzene rings is 2. The third-order valence-electron chi connectivity index (χ3n) is 7.53. The van der Waals surface area contributed by atoms with Crippen LogP contribution >= 0.6 is 0 Å². The zero-order valence-corrected chi connectivity index (χ0v) is 28.3. The van der Waals surface area contributed by atoms with Crippen molar-refractivity contribution in [3.05, 3.63) is 48.5 Å². The van der Waals surface area contributed by atoms with Gasteiger partial charge < -0.3 is 35.6 Å². The molecule has 0 aliphatic carbocycles. The van der Waals surface area contributed by atoms with Crippen LogP contribution in [0.3, 0.4) is 0 Å². The highest BCUT2D eigenvalue weighted by Gasteiger charge is 2.43. The van der Waals surface area contributed by atoms with Gasteiger partial charge in [-0.3, -0.25) is 9.59 Å². The molecule has 0 spiro atoms. The van der Waals surface area contributed by atoms with Crippen LogP contribution in [0, 0.1) is 5.41 Å². The Balaban J connectivity index is 0.000000284. The van der Waals surface area contributed by atoms with Crippen LogP contribution in [0.4, 0.5) is 37.7 Å². The first-order valence-corrected chi connectivity index (χ1v) is 17.0. The predicted molar refractivity (Wildman–Crippen MR) is 170 cm³/mol. The first-order valence-electron chi connectivity index (χ1n) is 15.4. The Hall–Kier alpha value is -3.65. The Labute approximate surface area is 285 Å². The van der Waals surface area contributed by atoms with Crippen molar-refractivity contribution >= 4 is 33.2 Å². The normalized spacial score (nSPS) is 18.2. The fourth-order valence-corrected chi connectivity index (χ4v) is 7.06. The Kier molecular flexibility index (Phi) is 12.8. The number of hydrogen-bond donors (Lipinski definition) is 5. The quantitative estimate of drug-likeness (QED) is 0.247. The van der Waals surface area contributed by atoms with Gasteiger partial charge in [0.15, 0.2) is 0 Å². The number of aliphatic hydroxyl groups is 2. The first-order chi connectivity index (χ1) is 22.9. The number of ether oxygens (including phenoxy) is 2. The average Bonchev–Trinajstić information content (AvgIpc) is 2.97. The number of rotatable bonds is 8. The summed E-state index contributed by atoms with van der Waals surface area (Å²) in [5, 5.41) is 28.8. The molecule has 2 aromatic carbocycles. The first kappa shape index (κ1) is 40.8. The highest BCUT2D eigenvalue weighted by molar-refractivity contribution is 7.89. The minimum absolute atomic E-state index is 0.000688. The van der Waals surface area contributed by atoms with Crippen LogP contribution in [0.5, 0.6) is 11.5 Å². The molecule has 19 heteroatoms. The number of carbonyl (C=O) groups is 2. The second kappa shape index (κ2) is 15.7. The summed E-state index contributed by atoms with van der Waals surface area (Å²) in [6.07, 6.45) is -9.17. The number of alkyl halides is 6. The van der Waals surface area contributed by atoms with Gasteiger partial charge in [-0.2, -0.15) is 0 Å². The number of amides is 2. The van der Waals surface area contributed by atoms with E-state index < -0.39 is 56.9 Å². The Morgan fingerprint density at radius 2 is 1.10 bits per heavy atom. The summed E-state index contributed by atoms with van der Waals surface area (Å²) in [5.74, 6) is -2.16. The lowest BCUT2D eigenvalue weighted by Crippen LogP contribution is -2.53. The summed E-state index contributed by atoms with van der Waals surface area (Å²) in [6, 6.07) is 9.25. The molecule has 280 valence electrons. The molecule has 2 aromatic rings. The third-order valence-corrected chi connectivity index (χ3v) is 9.91. The van der Waals surface area contributed by atoms with Crippen molar-refractivity contribution in [1.82, 2.24) is 9.62 Å². The third kappa shape index (κ3) is 12.9. The Morgan fingerprint density at radius 1 is 0.740 bits per heavy atom. The highest BCUT2D eigenvalue weighted by atomic mass is 32.2. The van der Waals surface area contributed by atoms with Crippen LogP contribution in [0.15, 0.2) is 48.5 Å². The largest absolute Gasteiger partial charge is 0.573 e. The van der Waals surface area contributed by atoms with E-state index in [-0.39, 0.29) is 56.0 Å². The molecule has 12 nitrogen and oxygen atoms in total. The van der Waals surface area contributed by atoms with Gasteiger partial charge in [-0.25, -0.2) is 12.7 Å². The molecule has 2 heterocycles. The molecule has 5 N–H and O–H groups in total. The lowest BCUT2D eigenvalue weighted by atomic mass is 9.91. The van der Waals surface area contributed by atoms with Crippen molar-refractivity contribution in [3.8, 4) is 11.5 Å². The minimum Gasteiger partial charge on any atom is -0.406 e. The number of hydrogen-bond acceptors (Lipinski definition) is 9. The average molecular weight is 743 g/mol. The number of nitrogens with zero attached hydrogens (tertiary/aromatic N) is 1. The Morgan fingerprint density at radius 3 is 1.44 bits per heavy atom. The van der Waals surface area contributed by atoms with Crippen LogP contribution in [-0.2, 0) is 19.6 Å². The lowest BCUT2D eigenvalue weighted by Gasteiger charge is -2.37. The topological polar surface area (TPSA) is 167 Å². The summed E-state index contributed by atoms with van der Waals surface area (Å²) < 4.78 is 106. The molecule has 0 atom stereocenters. The summed E-state index contributed by atoms with van der Waals surface area (Å²) in [7, 11) is -3.51. The molecule has 0 bridgehead atoms. The zero-order valence-electron chi connectivity index (χ0n) is 27.4. The monoisotopic (exact) mass is 742 g/mol. The van der Waals surface area contributed by atoms with Crippen LogP contribution in [-0.4, -0.2) is 90.6 Å². The van der Waals surface area contributed by atoms with Gasteiger partial charge in [-0.15, -0.1) is 26.3 Å². The van der Waals surface area contributed by atoms with Gasteiger partial charge in [0.1, 0.15) is 22.7 Å². The van der Waals surface area contributed by atoms with Crippen molar-refractivity contribution in [2.75, 3.05) is 42.6 Å². The van der Waals surface area contributed by atoms with E-state index in [9.17, 15) is 54.6 Å². The zero-order chi connectivity index (χ0) is 37.6. The van der Waals surface area contributed by atoms with Crippen molar-refractivity contribution in [3.63, 3.8) is 0 Å². The van der Waals surface area contributed by atoms with Gasteiger partial charge in [0, 0.05) is 24.5 Å². The SMILES string of the molecule is CC(C)(C)CS(=O)(=O)N1CCC(O)(C(=O)Nc2ccc(OC(F)(F)F)cc2)CC1.O=C(Nc1ccc(OC(F)(F)F)cc1)C1(O)CCNCC1. The van der Waals surface area contributed by atoms with Gasteiger partial charge in [-0.1, -0.05) is 20.8 Å². The van der Waals surface area contributed by atoms with E-state index in [1.54, 1.807) is 0 Å². The summed E-state index contributed by atoms with van der Waals surface area (Å²) in [4.78, 5) is 24.5. The molecular weight excluding hydrogens is 702 g/mol. The van der Waals surface area contributed by atoms with E-state index in [1.807, 2.05) is 20.8 Å². The number of sulfonamides is 1. The van der Waals surface area contributed by atoms with Crippen molar-refractivity contribution < 1.29 is 64.0 Å². The van der Waals surface area contributed by atoms with E-state index in [2.05, 4.69) is 25.4 Å². The molecule has 0 saturated carbocycles. The fraction of sp³-hybridized carbons (Fsp3) is 0.548. The summed E-state index contributed by atoms with van der Waals surface area (Å²) in [6.45, 7) is 6.49. The molecule has 0 radical (unpaired) electrons. The molecule has 4 rings (SSSR count). The van der Waals surface area contributed by atoms with E-state index in [1.165, 1.54) is 28.6 Å². The van der Waals surface area contributed by atoms with Crippen LogP contribution in [0.25, 0.3) is 0 Å². The van der Waals surface area contributed by atoms with E-state index in [0.717, 1.165) is 24.3 Å². The lowest BCUT2D eigenvalue weighted by molar-refractivity contribution is -0.275. The maximum absolute atomic E-state index is 12.5. The second-order valence-electron chi connectivity index (χ2n) is 13.1. The van der Waals surface area contributed by atoms with Crippen molar-refractivity contribution in [2.45, 2.75) is 70.4 Å². The van der Waals surface area contributed by atoms with Crippen molar-refractivity contribution in [2.24, 2.45) is 5.41 Å². The number of carbonyl (C=O) groups excluding carboxylic acids is 2. The van der Waals surface area contributed by atoms with E-state index >= 15 is 0 Å². The molecule has 2 amide bonds. The van der Waals surface area contributed by atoms with Gasteiger partial charge in [0.25, 0.3) is 11.8 Å². The standard InChI is InChI=1S/C18H25F3N2O5S.C13H15F3N2O3/c1-16(2,3)12-29(26,27)23-10-8-17(25,9-11-23)15(24)22-13-4-6-14(7-5-13)28-18(19,20)21;14-13(15,16)21-10-3-1-9(2-4-10)18-11(19)12(20)5-7-17-8-6-12/h4-7,25H,8-12H2,1-3H3,(H,22,24);1-4,17,20H,5-8H2,(H,18,19). The maximum Gasteiger partial charge on any atom is 0.573 e. The Bertz CT molecular complexity index is 1550. The van der Waals surface area contributed by atoms with Crippen LogP contribution in [0.2, 0.25) is 0 Å². The molecule has 50 heavy (non-hydrogen) atoms. The molecular formula is C31H40F6N4O8S. The predicted octanol–water partition coefficient (Wildman–Crippen LogP) is 4.36. The molecule has 2 aliphatic heterocycles. The number of halogens is 6.